The molecule has 0 heterocycles. The van der Waals surface area contributed by atoms with Gasteiger partial charge < -0.3 is 26.6 Å². The number of quaternary nitrogens is 1. The van der Waals surface area contributed by atoms with Gasteiger partial charge in [-0.3, -0.25) is 0 Å². The molecule has 0 bridgehead atoms. The van der Waals surface area contributed by atoms with Crippen molar-refractivity contribution in [1.29, 1.82) is 0 Å². The number of halogens is 4. The molecular weight excluding hydrogens is 211 g/mol. The summed E-state index contributed by atoms with van der Waals surface area (Å²) in [7, 11) is 2.78. The summed E-state index contributed by atoms with van der Waals surface area (Å²) in [6.07, 6.45) is 0. The summed E-state index contributed by atoms with van der Waals surface area (Å²) in [5.74, 6) is 0. The molecule has 0 saturated carbocycles. The van der Waals surface area contributed by atoms with Gasteiger partial charge >= 0.3 is 7.25 Å². The van der Waals surface area contributed by atoms with Gasteiger partial charge in [0.1, 0.15) is 0 Å². The van der Waals surface area contributed by atoms with Gasteiger partial charge in [-0.25, -0.2) is 0 Å². The van der Waals surface area contributed by atoms with Crippen molar-refractivity contribution in [3.05, 3.63) is 0 Å². The topological polar surface area (TPSA) is 3.24 Å². The molecule has 0 atom stereocenters. The zero-order chi connectivity index (χ0) is 12.7. The van der Waals surface area contributed by atoms with E-state index in [9.17, 15) is 17.3 Å². The lowest BCUT2D eigenvalue weighted by Gasteiger charge is -2.29. The molecule has 0 aromatic rings. The molecular formula is C8H21BF4N2. The molecule has 0 aliphatic rings. The molecule has 0 rings (SSSR count). The highest BCUT2D eigenvalue weighted by Crippen LogP contribution is 2.06. The predicted molar refractivity (Wildman–Crippen MR) is 56.3 cm³/mol. The maximum atomic E-state index is 9.75. The number of hydrogen-bond acceptors (Lipinski definition) is 1. The number of nitrogens with zero attached hydrogens (tertiary/aromatic N) is 2. The lowest BCUT2D eigenvalue weighted by molar-refractivity contribution is -0.887. The van der Waals surface area contributed by atoms with Crippen LogP contribution in [0.1, 0.15) is 6.92 Å². The van der Waals surface area contributed by atoms with Crippen LogP contribution < -0.4 is 0 Å². The van der Waals surface area contributed by atoms with Gasteiger partial charge in [-0.05, 0) is 21.0 Å². The molecule has 94 valence electrons. The molecule has 15 heavy (non-hydrogen) atoms. The minimum absolute atomic E-state index is 1.12. The second kappa shape index (κ2) is 7.06. The van der Waals surface area contributed by atoms with Crippen molar-refractivity contribution >= 4 is 7.25 Å². The highest BCUT2D eigenvalue weighted by Gasteiger charge is 2.20. The fraction of sp³-hybridized carbons (Fsp3) is 1.00. The zero-order valence-electron chi connectivity index (χ0n) is 10.1. The van der Waals surface area contributed by atoms with Crippen molar-refractivity contribution in [3.8, 4) is 0 Å². The second-order valence-electron chi connectivity index (χ2n) is 4.27. The minimum atomic E-state index is -6.00. The van der Waals surface area contributed by atoms with Gasteiger partial charge in [-0.15, -0.1) is 0 Å². The van der Waals surface area contributed by atoms with Crippen molar-refractivity contribution in [2.75, 3.05) is 47.8 Å². The molecule has 0 aromatic heterocycles. The highest BCUT2D eigenvalue weighted by molar-refractivity contribution is 6.50. The first-order valence-electron chi connectivity index (χ1n) is 4.82. The van der Waals surface area contributed by atoms with E-state index in [-0.39, 0.29) is 0 Å². The van der Waals surface area contributed by atoms with Crippen LogP contribution in [0.2, 0.25) is 0 Å². The predicted octanol–water partition coefficient (Wildman–Crippen LogP) is 1.94. The third kappa shape index (κ3) is 24.8. The molecule has 0 aromatic carbocycles. The number of hydrogen-bond donors (Lipinski definition) is 0. The maximum Gasteiger partial charge on any atom is 0.673 e. The summed E-state index contributed by atoms with van der Waals surface area (Å²) < 4.78 is 40.1. The monoisotopic (exact) mass is 232 g/mol. The maximum absolute atomic E-state index is 9.75. The van der Waals surface area contributed by atoms with E-state index in [0.717, 1.165) is 4.48 Å². The Kier molecular flexibility index (Phi) is 8.05. The van der Waals surface area contributed by atoms with Gasteiger partial charge in [-0.1, -0.05) is 0 Å². The summed E-state index contributed by atoms with van der Waals surface area (Å²) in [4.78, 5) is 2.23. The third-order valence-corrected chi connectivity index (χ3v) is 2.01. The largest absolute Gasteiger partial charge is 0.673 e. The van der Waals surface area contributed by atoms with E-state index in [1.165, 1.54) is 19.6 Å². The molecule has 0 N–H and O–H groups in total. The molecule has 0 saturated heterocycles. The molecule has 0 fully saturated rings. The van der Waals surface area contributed by atoms with Crippen LogP contribution >= 0.6 is 0 Å². The summed E-state index contributed by atoms with van der Waals surface area (Å²) in [5.41, 5.74) is 0. The minimum Gasteiger partial charge on any atom is -0.418 e. The fourth-order valence-electron chi connectivity index (χ4n) is 0.629. The highest BCUT2D eigenvalue weighted by atomic mass is 19.5. The van der Waals surface area contributed by atoms with Crippen LogP contribution in [0.3, 0.4) is 0 Å². The summed E-state index contributed by atoms with van der Waals surface area (Å²) in [6.45, 7) is 5.87. The molecule has 7 heteroatoms. The quantitative estimate of drug-likeness (QED) is 0.406. The molecule has 0 spiro atoms. The van der Waals surface area contributed by atoms with Crippen LogP contribution in [0.25, 0.3) is 0 Å². The van der Waals surface area contributed by atoms with E-state index in [1.54, 1.807) is 0 Å². The van der Waals surface area contributed by atoms with Gasteiger partial charge in [0.25, 0.3) is 0 Å². The van der Waals surface area contributed by atoms with E-state index >= 15 is 0 Å². The fourth-order valence-corrected chi connectivity index (χ4v) is 0.629. The van der Waals surface area contributed by atoms with Crippen LogP contribution in [0, 0.1) is 0 Å². The van der Waals surface area contributed by atoms with E-state index < -0.39 is 7.25 Å². The van der Waals surface area contributed by atoms with Gasteiger partial charge in [0.05, 0.1) is 27.2 Å². The number of likely N-dealkylation sites (N-methyl/N-ethyl adjacent to an activating group) is 2. The van der Waals surface area contributed by atoms with E-state index in [0.29, 0.717) is 0 Å². The average molecular weight is 232 g/mol. The van der Waals surface area contributed by atoms with Gasteiger partial charge in [0.15, 0.2) is 0 Å². The SMILES string of the molecule is CC[N+](C)(C)CCN(C)C.F[B-](F)(F)F. The molecule has 0 radical (unpaired) electrons. The Balaban J connectivity index is 0. The van der Waals surface area contributed by atoms with E-state index in [4.69, 9.17) is 0 Å². The Morgan fingerprint density at radius 3 is 1.60 bits per heavy atom. The average Bonchev–Trinajstić information content (AvgIpc) is 1.98. The molecule has 0 aliphatic heterocycles. The molecule has 0 amide bonds. The molecule has 2 nitrogen and oxygen atoms in total. The first-order chi connectivity index (χ1) is 6.48. The standard InChI is InChI=1S/C8H21N2.BF4/c1-6-10(4,5)8-7-9(2)3;2-1(3,4)5/h6-8H2,1-5H3;/q+1;-1. The summed E-state index contributed by atoms with van der Waals surface area (Å²) in [5, 5.41) is 0. The smallest absolute Gasteiger partial charge is 0.418 e. The van der Waals surface area contributed by atoms with Crippen LogP contribution in [0.15, 0.2) is 0 Å². The van der Waals surface area contributed by atoms with Crippen LogP contribution in [0.4, 0.5) is 17.3 Å². The normalized spacial score (nSPS) is 12.4. The summed E-state index contributed by atoms with van der Waals surface area (Å²) >= 11 is 0. The van der Waals surface area contributed by atoms with Gasteiger partial charge in [0, 0.05) is 6.54 Å². The Bertz CT molecular complexity index is 153. The van der Waals surface area contributed by atoms with Crippen molar-refractivity contribution in [2.45, 2.75) is 6.92 Å². The van der Waals surface area contributed by atoms with E-state index in [2.05, 4.69) is 40.0 Å². The lowest BCUT2D eigenvalue weighted by Crippen LogP contribution is -2.43. The second-order valence-corrected chi connectivity index (χ2v) is 4.27. The molecule has 0 unspecified atom stereocenters. The first-order valence-corrected chi connectivity index (χ1v) is 4.82. The summed E-state index contributed by atoms with van der Waals surface area (Å²) in [6, 6.07) is 0. The van der Waals surface area contributed by atoms with Crippen molar-refractivity contribution in [2.24, 2.45) is 0 Å². The van der Waals surface area contributed by atoms with Crippen LogP contribution in [-0.2, 0) is 0 Å². The first kappa shape index (κ1) is 17.1. The van der Waals surface area contributed by atoms with Crippen LogP contribution in [0.5, 0.6) is 0 Å². The lowest BCUT2D eigenvalue weighted by atomic mass is 10.3. The zero-order valence-corrected chi connectivity index (χ0v) is 10.1. The van der Waals surface area contributed by atoms with Gasteiger partial charge in [-0.2, -0.15) is 0 Å². The van der Waals surface area contributed by atoms with Crippen molar-refractivity contribution in [3.63, 3.8) is 0 Å². The Morgan fingerprint density at radius 1 is 1.07 bits per heavy atom. The Hall–Kier alpha value is -0.295. The third-order valence-electron chi connectivity index (χ3n) is 2.01. The number of rotatable bonds is 4. The Morgan fingerprint density at radius 2 is 1.40 bits per heavy atom. The van der Waals surface area contributed by atoms with E-state index in [1.807, 2.05) is 0 Å². The molecule has 0 aliphatic carbocycles. The Labute approximate surface area is 89.5 Å². The van der Waals surface area contributed by atoms with Gasteiger partial charge in [0.2, 0.25) is 0 Å². The van der Waals surface area contributed by atoms with Crippen molar-refractivity contribution < 1.29 is 21.7 Å². The van der Waals surface area contributed by atoms with Crippen LogP contribution in [-0.4, -0.2) is 64.5 Å². The van der Waals surface area contributed by atoms with Crippen molar-refractivity contribution in [1.82, 2.24) is 4.90 Å².